The van der Waals surface area contributed by atoms with Crippen LogP contribution in [0.15, 0.2) is 41.1 Å². The number of amides is 1. The van der Waals surface area contributed by atoms with Crippen molar-refractivity contribution in [3.05, 3.63) is 56.5 Å². The standard InChI is InChI=1S/C18H18N2O2S2/c1-12-8-10-23-17(12)18(21)19-9-7-16-20-15(11-24-16)13-3-5-14(22-2)6-4-13/h3-6,8,10-11H,7,9H2,1-2H3,(H,19,21). The number of nitrogens with zero attached hydrogens (tertiary/aromatic N) is 1. The molecule has 1 N–H and O–H groups in total. The Kier molecular flexibility index (Phi) is 5.27. The number of methoxy groups -OCH3 is 1. The van der Waals surface area contributed by atoms with Gasteiger partial charge in [-0.2, -0.15) is 0 Å². The molecular formula is C18H18N2O2S2. The first-order valence-corrected chi connectivity index (χ1v) is 9.34. The molecule has 0 aliphatic heterocycles. The Bertz CT molecular complexity index is 822. The maximum Gasteiger partial charge on any atom is 0.261 e. The summed E-state index contributed by atoms with van der Waals surface area (Å²) in [7, 11) is 1.65. The average Bonchev–Trinajstić information content (AvgIpc) is 3.24. The number of aromatic nitrogens is 1. The van der Waals surface area contributed by atoms with Crippen molar-refractivity contribution in [2.24, 2.45) is 0 Å². The van der Waals surface area contributed by atoms with Gasteiger partial charge in [0.05, 0.1) is 22.7 Å². The highest BCUT2D eigenvalue weighted by Gasteiger charge is 2.10. The maximum atomic E-state index is 12.1. The van der Waals surface area contributed by atoms with Crippen LogP contribution in [0.5, 0.6) is 5.75 Å². The summed E-state index contributed by atoms with van der Waals surface area (Å²) in [4.78, 5) is 17.5. The molecule has 24 heavy (non-hydrogen) atoms. The smallest absolute Gasteiger partial charge is 0.261 e. The van der Waals surface area contributed by atoms with Crippen LogP contribution < -0.4 is 10.1 Å². The topological polar surface area (TPSA) is 51.2 Å². The van der Waals surface area contributed by atoms with Gasteiger partial charge in [-0.25, -0.2) is 4.98 Å². The van der Waals surface area contributed by atoms with Crippen molar-refractivity contribution >= 4 is 28.6 Å². The van der Waals surface area contributed by atoms with Crippen LogP contribution in [0.1, 0.15) is 20.2 Å². The quantitative estimate of drug-likeness (QED) is 0.720. The van der Waals surface area contributed by atoms with E-state index in [0.29, 0.717) is 6.54 Å². The summed E-state index contributed by atoms with van der Waals surface area (Å²) in [6.45, 7) is 2.54. The van der Waals surface area contributed by atoms with Crippen molar-refractivity contribution in [3.8, 4) is 17.0 Å². The van der Waals surface area contributed by atoms with Gasteiger partial charge in [0, 0.05) is 23.9 Å². The molecule has 0 spiro atoms. The van der Waals surface area contributed by atoms with Crippen LogP contribution in [0.25, 0.3) is 11.3 Å². The Balaban J connectivity index is 1.56. The average molecular weight is 358 g/mol. The largest absolute Gasteiger partial charge is 0.497 e. The maximum absolute atomic E-state index is 12.1. The minimum atomic E-state index is -0.00515. The zero-order chi connectivity index (χ0) is 16.9. The van der Waals surface area contributed by atoms with Crippen LogP contribution in [0, 0.1) is 6.92 Å². The lowest BCUT2D eigenvalue weighted by molar-refractivity contribution is 0.0957. The number of carbonyl (C=O) groups is 1. The predicted octanol–water partition coefficient (Wildman–Crippen LogP) is 4.16. The Morgan fingerprint density at radius 2 is 2.00 bits per heavy atom. The molecule has 2 aromatic heterocycles. The van der Waals surface area contributed by atoms with Crippen LogP contribution in [-0.4, -0.2) is 24.5 Å². The third-order valence-electron chi connectivity index (χ3n) is 3.63. The number of thiophene rings is 1. The summed E-state index contributed by atoms with van der Waals surface area (Å²) in [5.41, 5.74) is 3.04. The van der Waals surface area contributed by atoms with Gasteiger partial charge in [-0.1, -0.05) is 0 Å². The fourth-order valence-electron chi connectivity index (χ4n) is 2.29. The van der Waals surface area contributed by atoms with E-state index in [4.69, 9.17) is 4.74 Å². The molecule has 6 heteroatoms. The summed E-state index contributed by atoms with van der Waals surface area (Å²) in [6.07, 6.45) is 0.733. The van der Waals surface area contributed by atoms with E-state index in [1.165, 1.54) is 11.3 Å². The predicted molar refractivity (Wildman–Crippen MR) is 99.2 cm³/mol. The van der Waals surface area contributed by atoms with Crippen molar-refractivity contribution in [2.75, 3.05) is 13.7 Å². The number of thiazole rings is 1. The number of ether oxygens (including phenoxy) is 1. The normalized spacial score (nSPS) is 10.6. The summed E-state index contributed by atoms with van der Waals surface area (Å²) >= 11 is 3.09. The number of carbonyl (C=O) groups excluding carboxylic acids is 1. The van der Waals surface area contributed by atoms with Crippen molar-refractivity contribution in [3.63, 3.8) is 0 Å². The van der Waals surface area contributed by atoms with E-state index < -0.39 is 0 Å². The molecule has 0 radical (unpaired) electrons. The van der Waals surface area contributed by atoms with Crippen molar-refractivity contribution < 1.29 is 9.53 Å². The molecule has 0 aliphatic rings. The minimum absolute atomic E-state index is 0.00515. The van der Waals surface area contributed by atoms with E-state index in [1.54, 1.807) is 18.4 Å². The first kappa shape index (κ1) is 16.7. The molecule has 1 aromatic carbocycles. The van der Waals surface area contributed by atoms with Crippen LogP contribution in [0.2, 0.25) is 0 Å². The number of hydrogen-bond donors (Lipinski definition) is 1. The van der Waals surface area contributed by atoms with Crippen LogP contribution in [-0.2, 0) is 6.42 Å². The molecular weight excluding hydrogens is 340 g/mol. The molecule has 0 saturated heterocycles. The highest BCUT2D eigenvalue weighted by Crippen LogP contribution is 2.24. The lowest BCUT2D eigenvalue weighted by atomic mass is 10.2. The first-order chi connectivity index (χ1) is 11.7. The highest BCUT2D eigenvalue weighted by molar-refractivity contribution is 7.12. The van der Waals surface area contributed by atoms with Crippen molar-refractivity contribution in [1.29, 1.82) is 0 Å². The molecule has 0 aliphatic carbocycles. The van der Waals surface area contributed by atoms with E-state index in [1.807, 2.05) is 48.0 Å². The Morgan fingerprint density at radius 1 is 1.21 bits per heavy atom. The third kappa shape index (κ3) is 3.83. The molecule has 2 heterocycles. The molecule has 1 amide bonds. The van der Waals surface area contributed by atoms with E-state index in [-0.39, 0.29) is 5.91 Å². The molecule has 0 saturated carbocycles. The summed E-state index contributed by atoms with van der Waals surface area (Å²) in [5.74, 6) is 0.829. The van der Waals surface area contributed by atoms with Crippen LogP contribution in [0.3, 0.4) is 0 Å². The molecule has 4 nitrogen and oxygen atoms in total. The second kappa shape index (κ2) is 7.59. The second-order valence-electron chi connectivity index (χ2n) is 5.29. The van der Waals surface area contributed by atoms with Crippen molar-refractivity contribution in [2.45, 2.75) is 13.3 Å². The van der Waals surface area contributed by atoms with Gasteiger partial charge in [-0.05, 0) is 48.2 Å². The third-order valence-corrected chi connectivity index (χ3v) is 5.55. The second-order valence-corrected chi connectivity index (χ2v) is 7.15. The fraction of sp³-hybridized carbons (Fsp3) is 0.222. The number of benzene rings is 1. The Labute approximate surface area is 149 Å². The van der Waals surface area contributed by atoms with E-state index in [0.717, 1.165) is 38.9 Å². The summed E-state index contributed by atoms with van der Waals surface area (Å²) < 4.78 is 5.17. The fourth-order valence-corrected chi connectivity index (χ4v) is 3.94. The zero-order valence-electron chi connectivity index (χ0n) is 13.5. The minimum Gasteiger partial charge on any atom is -0.497 e. The first-order valence-electron chi connectivity index (χ1n) is 7.58. The monoisotopic (exact) mass is 358 g/mol. The van der Waals surface area contributed by atoms with E-state index in [2.05, 4.69) is 10.3 Å². The molecule has 0 fully saturated rings. The summed E-state index contributed by atoms with van der Waals surface area (Å²) in [6, 6.07) is 9.81. The number of rotatable bonds is 6. The van der Waals surface area contributed by atoms with Gasteiger partial charge in [0.1, 0.15) is 5.75 Å². The molecule has 0 unspecified atom stereocenters. The molecule has 3 rings (SSSR count). The molecule has 124 valence electrons. The van der Waals surface area contributed by atoms with Crippen LogP contribution in [0.4, 0.5) is 0 Å². The Hall–Kier alpha value is -2.18. The lowest BCUT2D eigenvalue weighted by Gasteiger charge is -2.03. The van der Waals surface area contributed by atoms with Gasteiger partial charge in [0.2, 0.25) is 0 Å². The van der Waals surface area contributed by atoms with Gasteiger partial charge < -0.3 is 10.1 Å². The van der Waals surface area contributed by atoms with Gasteiger partial charge in [0.25, 0.3) is 5.91 Å². The van der Waals surface area contributed by atoms with E-state index in [9.17, 15) is 4.79 Å². The number of hydrogen-bond acceptors (Lipinski definition) is 5. The van der Waals surface area contributed by atoms with E-state index >= 15 is 0 Å². The van der Waals surface area contributed by atoms with Gasteiger partial charge >= 0.3 is 0 Å². The van der Waals surface area contributed by atoms with Gasteiger partial charge in [-0.3, -0.25) is 4.79 Å². The zero-order valence-corrected chi connectivity index (χ0v) is 15.2. The van der Waals surface area contributed by atoms with Gasteiger partial charge in [-0.15, -0.1) is 22.7 Å². The Morgan fingerprint density at radius 3 is 2.67 bits per heavy atom. The highest BCUT2D eigenvalue weighted by atomic mass is 32.1. The summed E-state index contributed by atoms with van der Waals surface area (Å²) in [5, 5.41) is 7.96. The molecule has 3 aromatic rings. The lowest BCUT2D eigenvalue weighted by Crippen LogP contribution is -2.25. The van der Waals surface area contributed by atoms with Crippen LogP contribution >= 0.6 is 22.7 Å². The number of nitrogens with one attached hydrogen (secondary N) is 1. The molecule has 0 atom stereocenters. The molecule has 0 bridgehead atoms. The van der Waals surface area contributed by atoms with Gasteiger partial charge in [0.15, 0.2) is 0 Å². The van der Waals surface area contributed by atoms with Crippen molar-refractivity contribution in [1.82, 2.24) is 10.3 Å². The SMILES string of the molecule is COc1ccc(-c2csc(CCNC(=O)c3sccc3C)n2)cc1. The number of aryl methyl sites for hydroxylation is 1.